The number of rotatable bonds is 5. The molecule has 1 aliphatic carbocycles. The summed E-state index contributed by atoms with van der Waals surface area (Å²) in [5.74, 6) is 2.10. The van der Waals surface area contributed by atoms with E-state index < -0.39 is 0 Å². The summed E-state index contributed by atoms with van der Waals surface area (Å²) in [6.07, 6.45) is 3.83. The summed E-state index contributed by atoms with van der Waals surface area (Å²) in [5, 5.41) is 0. The minimum Gasteiger partial charge on any atom is -0.300 e. The SMILES string of the molecule is CCCC1CC1(C(C)C)C(C)C(C)=O. The van der Waals surface area contributed by atoms with Crippen LogP contribution in [0.1, 0.15) is 53.9 Å². The molecular formula is C13H24O. The summed E-state index contributed by atoms with van der Waals surface area (Å²) < 4.78 is 0. The third-order valence-electron chi connectivity index (χ3n) is 4.33. The van der Waals surface area contributed by atoms with Crippen molar-refractivity contribution < 1.29 is 4.79 Å². The van der Waals surface area contributed by atoms with Gasteiger partial charge in [0.25, 0.3) is 0 Å². The first-order valence-electron chi connectivity index (χ1n) is 5.97. The molecule has 1 rings (SSSR count). The summed E-state index contributed by atoms with van der Waals surface area (Å²) in [4.78, 5) is 11.5. The van der Waals surface area contributed by atoms with Gasteiger partial charge in [-0.2, -0.15) is 0 Å². The Bertz CT molecular complexity index is 219. The molecule has 1 saturated carbocycles. The van der Waals surface area contributed by atoms with Crippen molar-refractivity contribution in [1.82, 2.24) is 0 Å². The molecule has 0 amide bonds. The van der Waals surface area contributed by atoms with Gasteiger partial charge in [0.15, 0.2) is 0 Å². The molecule has 0 radical (unpaired) electrons. The van der Waals surface area contributed by atoms with Gasteiger partial charge < -0.3 is 0 Å². The zero-order chi connectivity index (χ0) is 10.9. The van der Waals surface area contributed by atoms with Crippen LogP contribution in [0.25, 0.3) is 0 Å². The zero-order valence-corrected chi connectivity index (χ0v) is 10.3. The number of hydrogen-bond acceptors (Lipinski definition) is 1. The molecule has 0 spiro atoms. The molecule has 0 saturated heterocycles. The molecule has 1 nitrogen and oxygen atoms in total. The molecule has 0 aromatic heterocycles. The van der Waals surface area contributed by atoms with Gasteiger partial charge in [0, 0.05) is 5.92 Å². The fourth-order valence-corrected chi connectivity index (χ4v) is 3.20. The summed E-state index contributed by atoms with van der Waals surface area (Å²) >= 11 is 0. The van der Waals surface area contributed by atoms with Crippen molar-refractivity contribution in [2.24, 2.45) is 23.2 Å². The van der Waals surface area contributed by atoms with E-state index >= 15 is 0 Å². The lowest BCUT2D eigenvalue weighted by atomic mass is 9.76. The second-order valence-corrected chi connectivity index (χ2v) is 5.29. The van der Waals surface area contributed by atoms with Gasteiger partial charge in [-0.25, -0.2) is 0 Å². The van der Waals surface area contributed by atoms with Crippen LogP contribution in [-0.2, 0) is 4.79 Å². The Balaban J connectivity index is 2.72. The average molecular weight is 196 g/mol. The third-order valence-corrected chi connectivity index (χ3v) is 4.33. The number of ketones is 1. The second kappa shape index (κ2) is 4.04. The van der Waals surface area contributed by atoms with Crippen LogP contribution >= 0.6 is 0 Å². The van der Waals surface area contributed by atoms with Gasteiger partial charge in [-0.3, -0.25) is 4.79 Å². The van der Waals surface area contributed by atoms with Crippen molar-refractivity contribution in [2.75, 3.05) is 0 Å². The van der Waals surface area contributed by atoms with Gasteiger partial charge in [-0.1, -0.05) is 40.5 Å². The number of carbonyl (C=O) groups excluding carboxylic acids is 1. The summed E-state index contributed by atoms with van der Waals surface area (Å²) in [6.45, 7) is 10.7. The first-order valence-corrected chi connectivity index (χ1v) is 5.97. The fraction of sp³-hybridized carbons (Fsp3) is 0.923. The predicted octanol–water partition coefficient (Wildman–Crippen LogP) is 3.67. The molecule has 0 aliphatic heterocycles. The summed E-state index contributed by atoms with van der Waals surface area (Å²) in [6, 6.07) is 0. The molecule has 3 atom stereocenters. The number of carbonyl (C=O) groups is 1. The van der Waals surface area contributed by atoms with Gasteiger partial charge >= 0.3 is 0 Å². The van der Waals surface area contributed by atoms with E-state index in [0.29, 0.717) is 17.1 Å². The van der Waals surface area contributed by atoms with Crippen LogP contribution < -0.4 is 0 Å². The quantitative estimate of drug-likeness (QED) is 0.655. The maximum atomic E-state index is 11.5. The Kier molecular flexibility index (Phi) is 3.39. The van der Waals surface area contributed by atoms with Crippen molar-refractivity contribution in [3.63, 3.8) is 0 Å². The lowest BCUT2D eigenvalue weighted by Crippen LogP contribution is -2.27. The van der Waals surface area contributed by atoms with Crippen LogP contribution in [0, 0.1) is 23.2 Å². The lowest BCUT2D eigenvalue weighted by molar-refractivity contribution is -0.123. The van der Waals surface area contributed by atoms with Crippen molar-refractivity contribution in [1.29, 1.82) is 0 Å². The molecule has 0 heterocycles. The molecule has 0 N–H and O–H groups in total. The van der Waals surface area contributed by atoms with Crippen LogP contribution in [0.3, 0.4) is 0 Å². The minimum atomic E-state index is 0.263. The molecule has 1 heteroatoms. The summed E-state index contributed by atoms with van der Waals surface area (Å²) in [7, 11) is 0. The van der Waals surface area contributed by atoms with E-state index in [2.05, 4.69) is 27.7 Å². The molecule has 3 unspecified atom stereocenters. The third kappa shape index (κ3) is 1.74. The van der Waals surface area contributed by atoms with E-state index in [-0.39, 0.29) is 5.92 Å². The normalized spacial score (nSPS) is 33.1. The van der Waals surface area contributed by atoms with E-state index in [9.17, 15) is 4.79 Å². The highest BCUT2D eigenvalue weighted by molar-refractivity contribution is 5.79. The maximum Gasteiger partial charge on any atom is 0.133 e. The Morgan fingerprint density at radius 2 is 2.00 bits per heavy atom. The Labute approximate surface area is 88.3 Å². The van der Waals surface area contributed by atoms with Gasteiger partial charge in [0.05, 0.1) is 0 Å². The largest absolute Gasteiger partial charge is 0.300 e. The van der Waals surface area contributed by atoms with Gasteiger partial charge in [-0.05, 0) is 30.6 Å². The average Bonchev–Trinajstić information content (AvgIpc) is 2.79. The Hall–Kier alpha value is -0.330. The van der Waals surface area contributed by atoms with E-state index in [1.807, 2.05) is 0 Å². The van der Waals surface area contributed by atoms with Crippen molar-refractivity contribution in [2.45, 2.75) is 53.9 Å². The molecular weight excluding hydrogens is 172 g/mol. The van der Waals surface area contributed by atoms with E-state index in [0.717, 1.165) is 5.92 Å². The number of hydrogen-bond donors (Lipinski definition) is 0. The fourth-order valence-electron chi connectivity index (χ4n) is 3.20. The van der Waals surface area contributed by atoms with Crippen LogP contribution in [-0.4, -0.2) is 5.78 Å². The predicted molar refractivity (Wildman–Crippen MR) is 60.1 cm³/mol. The molecule has 0 bridgehead atoms. The molecule has 82 valence electrons. The second-order valence-electron chi connectivity index (χ2n) is 5.29. The van der Waals surface area contributed by atoms with Crippen LogP contribution in [0.15, 0.2) is 0 Å². The van der Waals surface area contributed by atoms with Gasteiger partial charge in [0.2, 0.25) is 0 Å². The van der Waals surface area contributed by atoms with Crippen molar-refractivity contribution >= 4 is 5.78 Å². The lowest BCUT2D eigenvalue weighted by Gasteiger charge is -2.27. The first-order chi connectivity index (χ1) is 6.46. The van der Waals surface area contributed by atoms with E-state index in [1.54, 1.807) is 6.92 Å². The topological polar surface area (TPSA) is 17.1 Å². The molecule has 0 aromatic rings. The van der Waals surface area contributed by atoms with Gasteiger partial charge in [-0.15, -0.1) is 0 Å². The standard InChI is InChI=1S/C13H24O/c1-6-7-12-8-13(12,9(2)3)10(4)11(5)14/h9-10,12H,6-8H2,1-5H3. The van der Waals surface area contributed by atoms with Gasteiger partial charge in [0.1, 0.15) is 5.78 Å². The monoisotopic (exact) mass is 196 g/mol. The first kappa shape index (κ1) is 11.7. The molecule has 1 aliphatic rings. The van der Waals surface area contributed by atoms with Crippen LogP contribution in [0.5, 0.6) is 0 Å². The minimum absolute atomic E-state index is 0.263. The molecule has 14 heavy (non-hydrogen) atoms. The van der Waals surface area contributed by atoms with E-state index in [1.165, 1.54) is 19.3 Å². The highest BCUT2D eigenvalue weighted by atomic mass is 16.1. The smallest absolute Gasteiger partial charge is 0.133 e. The van der Waals surface area contributed by atoms with Crippen LogP contribution in [0.4, 0.5) is 0 Å². The van der Waals surface area contributed by atoms with Crippen molar-refractivity contribution in [3.05, 3.63) is 0 Å². The van der Waals surface area contributed by atoms with Crippen LogP contribution in [0.2, 0.25) is 0 Å². The summed E-state index contributed by atoms with van der Waals surface area (Å²) in [5.41, 5.74) is 0.349. The zero-order valence-electron chi connectivity index (χ0n) is 10.3. The highest BCUT2D eigenvalue weighted by Crippen LogP contribution is 2.64. The van der Waals surface area contributed by atoms with E-state index in [4.69, 9.17) is 0 Å². The number of Topliss-reactive ketones (excluding diaryl/α,β-unsaturated/α-hetero) is 1. The maximum absolute atomic E-state index is 11.5. The Morgan fingerprint density at radius 3 is 2.36 bits per heavy atom. The molecule has 0 aromatic carbocycles. The molecule has 1 fully saturated rings. The van der Waals surface area contributed by atoms with Crippen molar-refractivity contribution in [3.8, 4) is 0 Å². The Morgan fingerprint density at radius 1 is 1.43 bits per heavy atom. The highest BCUT2D eigenvalue weighted by Gasteiger charge is 2.59.